The number of amides is 1. The zero-order valence-electron chi connectivity index (χ0n) is 14.2. The van der Waals surface area contributed by atoms with Gasteiger partial charge in [-0.15, -0.1) is 0 Å². The second kappa shape index (κ2) is 7.25. The molecule has 7 heteroatoms. The van der Waals surface area contributed by atoms with Crippen LogP contribution in [0.2, 0.25) is 5.15 Å². The number of nitrogens with one attached hydrogen (secondary N) is 2. The number of carbonyl (C=O) groups excluding carboxylic acids is 1. The highest BCUT2D eigenvalue weighted by Crippen LogP contribution is 2.20. The fourth-order valence-corrected chi connectivity index (χ4v) is 3.27. The number of imidazole rings is 1. The molecule has 1 aromatic carbocycles. The maximum Gasteiger partial charge on any atom is 0.244 e. The van der Waals surface area contributed by atoms with E-state index in [-0.39, 0.29) is 11.7 Å². The van der Waals surface area contributed by atoms with E-state index in [0.29, 0.717) is 29.5 Å². The van der Waals surface area contributed by atoms with E-state index in [1.165, 1.54) is 18.2 Å². The second-order valence-electron chi connectivity index (χ2n) is 6.09. The maximum atomic E-state index is 13.4. The molecule has 2 N–H and O–H groups in total. The van der Waals surface area contributed by atoms with Gasteiger partial charge in [0, 0.05) is 35.9 Å². The van der Waals surface area contributed by atoms with Crippen LogP contribution in [-0.4, -0.2) is 26.8 Å². The number of benzene rings is 1. The zero-order valence-corrected chi connectivity index (χ0v) is 15.0. The minimum atomic E-state index is -0.278. The molecule has 3 heterocycles. The summed E-state index contributed by atoms with van der Waals surface area (Å²) in [7, 11) is 0. The summed E-state index contributed by atoms with van der Waals surface area (Å²) in [6.07, 6.45) is 7.33. The summed E-state index contributed by atoms with van der Waals surface area (Å²) in [6, 6.07) is 10.2. The lowest BCUT2D eigenvalue weighted by atomic mass is 10.1. The zero-order chi connectivity index (χ0) is 18.8. The Balaban J connectivity index is 1.40. The predicted molar refractivity (Wildman–Crippen MR) is 104 cm³/mol. The van der Waals surface area contributed by atoms with Crippen LogP contribution < -0.4 is 5.32 Å². The molecule has 3 aromatic heterocycles. The summed E-state index contributed by atoms with van der Waals surface area (Å²) in [5.41, 5.74) is 3.20. The smallest absolute Gasteiger partial charge is 0.244 e. The number of hydrogen-bond donors (Lipinski definition) is 2. The molecule has 0 aliphatic carbocycles. The van der Waals surface area contributed by atoms with Crippen molar-refractivity contribution < 1.29 is 9.18 Å². The molecule has 0 aliphatic rings. The molecule has 0 atom stereocenters. The first-order chi connectivity index (χ1) is 13.1. The van der Waals surface area contributed by atoms with Gasteiger partial charge in [-0.05, 0) is 48.4 Å². The van der Waals surface area contributed by atoms with Crippen LogP contribution in [0.4, 0.5) is 4.39 Å². The fourth-order valence-electron chi connectivity index (χ4n) is 3.03. The van der Waals surface area contributed by atoms with Crippen molar-refractivity contribution in [2.75, 3.05) is 6.54 Å². The summed E-state index contributed by atoms with van der Waals surface area (Å²) in [5.74, 6) is -0.511. The van der Waals surface area contributed by atoms with Crippen LogP contribution >= 0.6 is 11.6 Å². The third kappa shape index (κ3) is 3.57. The first kappa shape index (κ1) is 17.3. The van der Waals surface area contributed by atoms with Gasteiger partial charge >= 0.3 is 0 Å². The quantitative estimate of drug-likeness (QED) is 0.513. The number of nitrogens with zero attached hydrogens (tertiary/aromatic N) is 2. The molecule has 0 saturated carbocycles. The number of aromatic nitrogens is 3. The first-order valence-electron chi connectivity index (χ1n) is 8.46. The summed E-state index contributed by atoms with van der Waals surface area (Å²) in [6.45, 7) is 0.438. The summed E-state index contributed by atoms with van der Waals surface area (Å²) < 4.78 is 15.2. The van der Waals surface area contributed by atoms with Gasteiger partial charge in [0.25, 0.3) is 0 Å². The molecular formula is C20H16ClFN4O. The minimum absolute atomic E-state index is 0.233. The number of halogens is 2. The van der Waals surface area contributed by atoms with Gasteiger partial charge in [-0.2, -0.15) is 0 Å². The second-order valence-corrected chi connectivity index (χ2v) is 6.45. The molecule has 27 heavy (non-hydrogen) atoms. The minimum Gasteiger partial charge on any atom is -0.361 e. The molecule has 136 valence electrons. The fraction of sp³-hybridized carbons (Fsp3) is 0.100. The van der Waals surface area contributed by atoms with Crippen molar-refractivity contribution in [3.05, 3.63) is 77.1 Å². The average Bonchev–Trinajstić information content (AvgIpc) is 3.20. The normalized spacial score (nSPS) is 11.6. The molecule has 4 rings (SSSR count). The molecule has 0 unspecified atom stereocenters. The number of fused-ring (bicyclic) bond motifs is 2. The first-order valence-corrected chi connectivity index (χ1v) is 8.83. The van der Waals surface area contributed by atoms with E-state index in [4.69, 9.17) is 11.6 Å². The van der Waals surface area contributed by atoms with Gasteiger partial charge in [-0.1, -0.05) is 17.7 Å². The highest BCUT2D eigenvalue weighted by atomic mass is 35.5. The lowest BCUT2D eigenvalue weighted by Gasteiger charge is -2.02. The molecule has 0 bridgehead atoms. The molecule has 0 aliphatic heterocycles. The van der Waals surface area contributed by atoms with Gasteiger partial charge in [0.2, 0.25) is 5.91 Å². The number of rotatable bonds is 5. The summed E-state index contributed by atoms with van der Waals surface area (Å²) in [5, 5.41) is 3.99. The topological polar surface area (TPSA) is 62.2 Å². The van der Waals surface area contributed by atoms with E-state index in [0.717, 1.165) is 16.5 Å². The molecule has 0 fully saturated rings. The molecule has 0 radical (unpaired) electrons. The molecule has 4 aromatic rings. The van der Waals surface area contributed by atoms with E-state index < -0.39 is 0 Å². The van der Waals surface area contributed by atoms with E-state index in [1.54, 1.807) is 12.1 Å². The van der Waals surface area contributed by atoms with Crippen LogP contribution in [0.3, 0.4) is 0 Å². The van der Waals surface area contributed by atoms with E-state index >= 15 is 0 Å². The summed E-state index contributed by atoms with van der Waals surface area (Å²) >= 11 is 6.14. The van der Waals surface area contributed by atoms with Gasteiger partial charge < -0.3 is 10.3 Å². The number of pyridine rings is 1. The van der Waals surface area contributed by atoms with Crippen molar-refractivity contribution in [3.8, 4) is 0 Å². The Bertz CT molecular complexity index is 1160. The molecule has 1 amide bonds. The van der Waals surface area contributed by atoms with E-state index in [1.807, 2.05) is 35.0 Å². The van der Waals surface area contributed by atoms with Crippen LogP contribution in [0, 0.1) is 5.82 Å². The SMILES string of the molecule is O=C(C=Cc1c(Cl)nc2ccccn12)NCCc1c[nH]c2ccc(F)cc12. The van der Waals surface area contributed by atoms with Crippen LogP contribution in [0.1, 0.15) is 11.3 Å². The molecule has 5 nitrogen and oxygen atoms in total. The third-order valence-corrected chi connectivity index (χ3v) is 4.62. The number of aromatic amines is 1. The maximum absolute atomic E-state index is 13.4. The Hall–Kier alpha value is -3.12. The van der Waals surface area contributed by atoms with Crippen LogP contribution in [-0.2, 0) is 11.2 Å². The molecule has 0 spiro atoms. The number of H-pyrrole nitrogens is 1. The van der Waals surface area contributed by atoms with Gasteiger partial charge in [0.1, 0.15) is 11.5 Å². The van der Waals surface area contributed by atoms with Crippen molar-refractivity contribution in [2.24, 2.45) is 0 Å². The Morgan fingerprint density at radius 2 is 2.22 bits per heavy atom. The lowest BCUT2D eigenvalue weighted by molar-refractivity contribution is -0.116. The van der Waals surface area contributed by atoms with Gasteiger partial charge in [0.05, 0.1) is 5.69 Å². The van der Waals surface area contributed by atoms with Crippen molar-refractivity contribution in [2.45, 2.75) is 6.42 Å². The van der Waals surface area contributed by atoms with Crippen LogP contribution in [0.25, 0.3) is 22.6 Å². The van der Waals surface area contributed by atoms with Crippen molar-refractivity contribution >= 4 is 40.1 Å². The van der Waals surface area contributed by atoms with Crippen LogP contribution in [0.15, 0.2) is 54.9 Å². The highest BCUT2D eigenvalue weighted by Gasteiger charge is 2.08. The molecular weight excluding hydrogens is 367 g/mol. The largest absolute Gasteiger partial charge is 0.361 e. The van der Waals surface area contributed by atoms with Crippen molar-refractivity contribution in [3.63, 3.8) is 0 Å². The Morgan fingerprint density at radius 3 is 3.11 bits per heavy atom. The van der Waals surface area contributed by atoms with Gasteiger partial charge in [-0.25, -0.2) is 9.37 Å². The highest BCUT2D eigenvalue weighted by molar-refractivity contribution is 6.31. The monoisotopic (exact) mass is 382 g/mol. The number of hydrogen-bond acceptors (Lipinski definition) is 2. The Morgan fingerprint density at radius 1 is 1.33 bits per heavy atom. The molecule has 0 saturated heterocycles. The third-order valence-electron chi connectivity index (χ3n) is 4.34. The lowest BCUT2D eigenvalue weighted by Crippen LogP contribution is -2.23. The number of carbonyl (C=O) groups is 1. The van der Waals surface area contributed by atoms with Crippen molar-refractivity contribution in [1.82, 2.24) is 19.7 Å². The van der Waals surface area contributed by atoms with E-state index in [9.17, 15) is 9.18 Å². The van der Waals surface area contributed by atoms with Gasteiger partial charge in [0.15, 0.2) is 5.15 Å². The summed E-state index contributed by atoms with van der Waals surface area (Å²) in [4.78, 5) is 19.4. The Kier molecular flexibility index (Phi) is 4.64. The van der Waals surface area contributed by atoms with E-state index in [2.05, 4.69) is 15.3 Å². The Labute approximate surface area is 159 Å². The van der Waals surface area contributed by atoms with Crippen LogP contribution in [0.5, 0.6) is 0 Å². The van der Waals surface area contributed by atoms with Gasteiger partial charge in [-0.3, -0.25) is 9.20 Å². The average molecular weight is 383 g/mol. The standard InChI is InChI=1S/C20H16ClFN4O/c21-20-17(26-10-2-1-3-18(26)25-20)6-7-19(27)23-9-8-13-12-24-16-5-4-14(22)11-15(13)16/h1-7,10-12,24H,8-9H2,(H,23,27). The van der Waals surface area contributed by atoms with Crippen molar-refractivity contribution in [1.29, 1.82) is 0 Å². The predicted octanol–water partition coefficient (Wildman–Crippen LogP) is 3.98.